The molecule has 0 aliphatic heterocycles. The number of carbonyl (C=O) groups excluding carboxylic acids is 1. The maximum absolute atomic E-state index is 13.9. The van der Waals surface area contributed by atoms with E-state index in [4.69, 9.17) is 5.11 Å². The molecule has 0 unspecified atom stereocenters. The van der Waals surface area contributed by atoms with Gasteiger partial charge in [-0.1, -0.05) is 24.3 Å². The Bertz CT molecular complexity index is 1320. The van der Waals surface area contributed by atoms with Crippen molar-refractivity contribution < 1.29 is 23.1 Å². The SMILES string of the molecule is CNC(=O)c1ccccc1Nc1c(C(F)(F)F)cnc2[nH]c(-c3ccc(NCCO)cc3)cc12. The zero-order chi connectivity index (χ0) is 24.3. The summed E-state index contributed by atoms with van der Waals surface area (Å²) in [6.45, 7) is 0.401. The van der Waals surface area contributed by atoms with Gasteiger partial charge in [0.2, 0.25) is 0 Å². The zero-order valence-electron chi connectivity index (χ0n) is 18.1. The smallest absolute Gasteiger partial charge is 0.395 e. The molecule has 0 atom stereocenters. The third-order valence-electron chi connectivity index (χ3n) is 5.26. The Morgan fingerprint density at radius 3 is 2.53 bits per heavy atom. The third-order valence-corrected chi connectivity index (χ3v) is 5.26. The first-order valence-electron chi connectivity index (χ1n) is 10.4. The predicted molar refractivity (Wildman–Crippen MR) is 125 cm³/mol. The summed E-state index contributed by atoms with van der Waals surface area (Å²) >= 11 is 0. The van der Waals surface area contributed by atoms with Gasteiger partial charge in [-0.05, 0) is 35.9 Å². The van der Waals surface area contributed by atoms with Gasteiger partial charge in [0.05, 0.1) is 29.1 Å². The molecule has 2 heterocycles. The van der Waals surface area contributed by atoms with Crippen LogP contribution < -0.4 is 16.0 Å². The molecule has 0 saturated heterocycles. The maximum Gasteiger partial charge on any atom is 0.419 e. The van der Waals surface area contributed by atoms with Crippen LogP contribution in [0, 0.1) is 0 Å². The molecule has 0 aliphatic carbocycles. The minimum absolute atomic E-state index is 0.00417. The second-order valence-electron chi connectivity index (χ2n) is 7.47. The Balaban J connectivity index is 1.80. The maximum atomic E-state index is 13.9. The lowest BCUT2D eigenvalue weighted by Gasteiger charge is -2.17. The number of hydrogen-bond donors (Lipinski definition) is 5. The number of alkyl halides is 3. The molecule has 0 aliphatic rings. The second-order valence-corrected chi connectivity index (χ2v) is 7.47. The highest BCUT2D eigenvalue weighted by molar-refractivity contribution is 6.03. The van der Waals surface area contributed by atoms with Crippen LogP contribution in [0.5, 0.6) is 0 Å². The molecule has 0 spiro atoms. The molecule has 34 heavy (non-hydrogen) atoms. The minimum Gasteiger partial charge on any atom is -0.395 e. The summed E-state index contributed by atoms with van der Waals surface area (Å²) in [6, 6.07) is 15.2. The molecular formula is C24H22F3N5O2. The average Bonchev–Trinajstić information content (AvgIpc) is 3.27. The number of aromatic nitrogens is 2. The quantitative estimate of drug-likeness (QED) is 0.269. The number of pyridine rings is 1. The highest BCUT2D eigenvalue weighted by Gasteiger charge is 2.35. The number of aromatic amines is 1. The van der Waals surface area contributed by atoms with Crippen molar-refractivity contribution in [2.24, 2.45) is 0 Å². The molecule has 0 bridgehead atoms. The predicted octanol–water partition coefficient (Wildman–Crippen LogP) is 4.76. The fraction of sp³-hybridized carbons (Fsp3) is 0.167. The highest BCUT2D eigenvalue weighted by Crippen LogP contribution is 2.41. The summed E-state index contributed by atoms with van der Waals surface area (Å²) < 4.78 is 41.7. The van der Waals surface area contributed by atoms with E-state index in [1.807, 2.05) is 24.3 Å². The van der Waals surface area contributed by atoms with E-state index in [-0.39, 0.29) is 34.6 Å². The Kier molecular flexibility index (Phi) is 6.42. The zero-order valence-corrected chi connectivity index (χ0v) is 18.1. The van der Waals surface area contributed by atoms with Crippen molar-refractivity contribution in [3.63, 3.8) is 0 Å². The lowest BCUT2D eigenvalue weighted by atomic mass is 10.1. The monoisotopic (exact) mass is 469 g/mol. The number of hydrogen-bond acceptors (Lipinski definition) is 5. The number of anilines is 3. The number of aliphatic hydroxyl groups excluding tert-OH is 1. The summed E-state index contributed by atoms with van der Waals surface area (Å²) in [5.74, 6) is -0.424. The number of H-pyrrole nitrogens is 1. The Labute approximate surface area is 193 Å². The van der Waals surface area contributed by atoms with Crippen molar-refractivity contribution in [3.8, 4) is 11.3 Å². The topological polar surface area (TPSA) is 102 Å². The second kappa shape index (κ2) is 9.44. The van der Waals surface area contributed by atoms with Gasteiger partial charge < -0.3 is 26.0 Å². The number of benzene rings is 2. The van der Waals surface area contributed by atoms with Crippen molar-refractivity contribution in [1.29, 1.82) is 0 Å². The number of carbonyl (C=O) groups is 1. The number of nitrogens with one attached hydrogen (secondary N) is 4. The number of fused-ring (bicyclic) bond motifs is 1. The summed E-state index contributed by atoms with van der Waals surface area (Å²) in [5.41, 5.74) is 1.71. The number of rotatable bonds is 7. The Hall–Kier alpha value is -4.05. The lowest BCUT2D eigenvalue weighted by molar-refractivity contribution is -0.137. The number of aliphatic hydroxyl groups is 1. The first-order chi connectivity index (χ1) is 16.3. The van der Waals surface area contributed by atoms with Crippen LogP contribution in [-0.2, 0) is 6.18 Å². The molecule has 4 rings (SSSR count). The van der Waals surface area contributed by atoms with E-state index in [1.165, 1.54) is 13.1 Å². The molecule has 2 aromatic carbocycles. The first kappa shape index (κ1) is 23.1. The average molecular weight is 469 g/mol. The van der Waals surface area contributed by atoms with Crippen LogP contribution in [0.25, 0.3) is 22.3 Å². The van der Waals surface area contributed by atoms with Gasteiger partial charge >= 0.3 is 6.18 Å². The van der Waals surface area contributed by atoms with E-state index in [0.717, 1.165) is 17.4 Å². The molecule has 2 aromatic heterocycles. The van der Waals surface area contributed by atoms with Crippen LogP contribution in [0.1, 0.15) is 15.9 Å². The van der Waals surface area contributed by atoms with Crippen molar-refractivity contribution >= 4 is 34.0 Å². The molecule has 1 amide bonds. The van der Waals surface area contributed by atoms with E-state index in [0.29, 0.717) is 12.2 Å². The number of amides is 1. The number of halogens is 3. The molecule has 4 aromatic rings. The van der Waals surface area contributed by atoms with Crippen LogP contribution >= 0.6 is 0 Å². The van der Waals surface area contributed by atoms with Gasteiger partial charge in [-0.15, -0.1) is 0 Å². The highest BCUT2D eigenvalue weighted by atomic mass is 19.4. The van der Waals surface area contributed by atoms with Gasteiger partial charge in [0.25, 0.3) is 5.91 Å². The van der Waals surface area contributed by atoms with E-state index >= 15 is 0 Å². The number of para-hydroxylation sites is 1. The van der Waals surface area contributed by atoms with Gasteiger partial charge in [0, 0.05) is 36.6 Å². The Morgan fingerprint density at radius 1 is 1.12 bits per heavy atom. The summed E-state index contributed by atoms with van der Waals surface area (Å²) in [6.07, 6.45) is -3.89. The third kappa shape index (κ3) is 4.67. The van der Waals surface area contributed by atoms with Crippen molar-refractivity contribution in [1.82, 2.24) is 15.3 Å². The standard InChI is InChI=1S/C24H22F3N5O2/c1-28-23(34)16-4-2-3-5-19(16)31-21-17-12-20(14-6-8-15(9-7-14)29-10-11-33)32-22(17)30-13-18(21)24(25,26)27/h2-9,12-13,29,33H,10-11H2,1H3,(H,28,34)(H2,30,31,32). The van der Waals surface area contributed by atoms with Crippen LogP contribution in [0.4, 0.5) is 30.2 Å². The molecular weight excluding hydrogens is 447 g/mol. The van der Waals surface area contributed by atoms with Gasteiger partial charge in [-0.2, -0.15) is 13.2 Å². The van der Waals surface area contributed by atoms with Crippen LogP contribution in [0.3, 0.4) is 0 Å². The van der Waals surface area contributed by atoms with Gasteiger partial charge in [-0.25, -0.2) is 4.98 Å². The molecule has 0 radical (unpaired) electrons. The minimum atomic E-state index is -4.66. The molecule has 176 valence electrons. The fourth-order valence-electron chi connectivity index (χ4n) is 3.61. The van der Waals surface area contributed by atoms with E-state index < -0.39 is 17.6 Å². The van der Waals surface area contributed by atoms with Crippen LogP contribution in [-0.4, -0.2) is 41.2 Å². The summed E-state index contributed by atoms with van der Waals surface area (Å²) in [7, 11) is 1.45. The normalized spacial score (nSPS) is 11.4. The summed E-state index contributed by atoms with van der Waals surface area (Å²) in [5, 5.41) is 17.5. The molecule has 10 heteroatoms. The molecule has 0 fully saturated rings. The number of nitrogens with zero attached hydrogens (tertiary/aromatic N) is 1. The van der Waals surface area contributed by atoms with Crippen molar-refractivity contribution in [2.45, 2.75) is 6.18 Å². The largest absolute Gasteiger partial charge is 0.419 e. The summed E-state index contributed by atoms with van der Waals surface area (Å²) in [4.78, 5) is 19.3. The van der Waals surface area contributed by atoms with Gasteiger partial charge in [-0.3, -0.25) is 4.79 Å². The van der Waals surface area contributed by atoms with E-state index in [2.05, 4.69) is 25.9 Å². The van der Waals surface area contributed by atoms with Gasteiger partial charge in [0.15, 0.2) is 0 Å². The molecule has 5 N–H and O–H groups in total. The first-order valence-corrected chi connectivity index (χ1v) is 10.4. The van der Waals surface area contributed by atoms with Gasteiger partial charge in [0.1, 0.15) is 5.65 Å². The van der Waals surface area contributed by atoms with Crippen LogP contribution in [0.2, 0.25) is 0 Å². The van der Waals surface area contributed by atoms with Crippen molar-refractivity contribution in [3.05, 3.63) is 71.9 Å². The van der Waals surface area contributed by atoms with E-state index in [1.54, 1.807) is 24.3 Å². The van der Waals surface area contributed by atoms with Crippen LogP contribution in [0.15, 0.2) is 60.8 Å². The molecule has 0 saturated carbocycles. The van der Waals surface area contributed by atoms with E-state index in [9.17, 15) is 18.0 Å². The lowest BCUT2D eigenvalue weighted by Crippen LogP contribution is -2.19. The van der Waals surface area contributed by atoms with Crippen molar-refractivity contribution in [2.75, 3.05) is 30.8 Å². The molecule has 7 nitrogen and oxygen atoms in total. The Morgan fingerprint density at radius 2 is 1.85 bits per heavy atom. The fourth-order valence-corrected chi connectivity index (χ4v) is 3.61.